The predicted molar refractivity (Wildman–Crippen MR) is 119 cm³/mol. The van der Waals surface area contributed by atoms with E-state index in [0.29, 0.717) is 28.6 Å². The molecular weight excluding hydrogens is 451 g/mol. The molecule has 1 amide bonds. The number of hydrogen-bond donors (Lipinski definition) is 0. The van der Waals surface area contributed by atoms with Gasteiger partial charge < -0.3 is 18.9 Å². The van der Waals surface area contributed by atoms with Crippen LogP contribution in [0.25, 0.3) is 0 Å². The molecule has 0 aliphatic carbocycles. The van der Waals surface area contributed by atoms with Crippen LogP contribution < -0.4 is 23.8 Å². The van der Waals surface area contributed by atoms with Gasteiger partial charge in [-0.05, 0) is 60.2 Å². The number of carbonyl (C=O) groups is 1. The summed E-state index contributed by atoms with van der Waals surface area (Å²) < 4.78 is 61.7. The number of anilines is 1. The number of carbonyl (C=O) groups excluding carboxylic acids is 1. The molecule has 1 aliphatic heterocycles. The highest BCUT2D eigenvalue weighted by atomic mass is 19.4. The molecule has 0 aromatic heterocycles. The Kier molecular flexibility index (Phi) is 6.28. The maximum absolute atomic E-state index is 13.3. The Balaban J connectivity index is 1.73. The van der Waals surface area contributed by atoms with Gasteiger partial charge in [-0.1, -0.05) is 12.1 Å². The molecule has 178 valence electrons. The second kappa shape index (κ2) is 9.17. The summed E-state index contributed by atoms with van der Waals surface area (Å²) in [5.74, 6) is 1.49. The summed E-state index contributed by atoms with van der Waals surface area (Å²) in [4.78, 5) is 14.4. The fraction of sp³-hybridized carbons (Fsp3) is 0.240. The lowest BCUT2D eigenvalue weighted by Crippen LogP contribution is -2.61. The average molecular weight is 473 g/mol. The summed E-state index contributed by atoms with van der Waals surface area (Å²) >= 11 is 0. The van der Waals surface area contributed by atoms with Crippen molar-refractivity contribution in [3.63, 3.8) is 0 Å². The number of β-lactam (4-membered cyclic amide) rings is 1. The van der Waals surface area contributed by atoms with Crippen molar-refractivity contribution in [3.8, 4) is 23.0 Å². The predicted octanol–water partition coefficient (Wildman–Crippen LogP) is 5.27. The Morgan fingerprint density at radius 1 is 0.794 bits per heavy atom. The summed E-state index contributed by atoms with van der Waals surface area (Å²) in [5, 5.41) is 0. The molecule has 0 unspecified atom stereocenters. The van der Waals surface area contributed by atoms with Gasteiger partial charge in [-0.15, -0.1) is 0 Å². The van der Waals surface area contributed by atoms with Crippen molar-refractivity contribution in [2.24, 2.45) is 0 Å². The molecule has 0 radical (unpaired) electrons. The van der Waals surface area contributed by atoms with Gasteiger partial charge in [0.1, 0.15) is 17.5 Å². The van der Waals surface area contributed by atoms with E-state index in [1.807, 2.05) is 0 Å². The highest BCUT2D eigenvalue weighted by molar-refractivity contribution is 6.05. The van der Waals surface area contributed by atoms with Crippen LogP contribution in [0.1, 0.15) is 17.2 Å². The van der Waals surface area contributed by atoms with E-state index in [0.717, 1.165) is 12.1 Å². The van der Waals surface area contributed by atoms with Crippen LogP contribution in [0.2, 0.25) is 0 Å². The van der Waals surface area contributed by atoms with Crippen LogP contribution in [0, 0.1) is 0 Å². The molecule has 3 aromatic rings. The van der Waals surface area contributed by atoms with Crippen LogP contribution in [-0.2, 0) is 11.0 Å². The molecule has 9 heteroatoms. The second-order valence-corrected chi connectivity index (χ2v) is 7.53. The number of benzene rings is 3. The van der Waals surface area contributed by atoms with E-state index in [2.05, 4.69) is 0 Å². The van der Waals surface area contributed by atoms with E-state index in [-0.39, 0.29) is 5.69 Å². The molecule has 2 atom stereocenters. The van der Waals surface area contributed by atoms with E-state index in [1.54, 1.807) is 42.5 Å². The summed E-state index contributed by atoms with van der Waals surface area (Å²) in [6.45, 7) is 0. The SMILES string of the molecule is COc1ccc(O[C@@H]2C(=O)N(c3cccc(C(F)(F)F)c3)[C@H]2c2ccc(OC)c(OC)c2)cc1. The number of methoxy groups -OCH3 is 3. The van der Waals surface area contributed by atoms with Gasteiger partial charge in [-0.2, -0.15) is 13.2 Å². The minimum Gasteiger partial charge on any atom is -0.497 e. The largest absolute Gasteiger partial charge is 0.497 e. The van der Waals surface area contributed by atoms with Crippen molar-refractivity contribution in [3.05, 3.63) is 77.9 Å². The van der Waals surface area contributed by atoms with Gasteiger partial charge in [-0.25, -0.2) is 0 Å². The van der Waals surface area contributed by atoms with Crippen LogP contribution in [0.4, 0.5) is 18.9 Å². The van der Waals surface area contributed by atoms with Crippen LogP contribution in [-0.4, -0.2) is 33.3 Å². The molecule has 1 saturated heterocycles. The quantitative estimate of drug-likeness (QED) is 0.438. The van der Waals surface area contributed by atoms with Crippen molar-refractivity contribution in [1.82, 2.24) is 0 Å². The van der Waals surface area contributed by atoms with Crippen molar-refractivity contribution >= 4 is 11.6 Å². The molecule has 0 spiro atoms. The third-order valence-electron chi connectivity index (χ3n) is 5.57. The molecule has 3 aromatic carbocycles. The Morgan fingerprint density at radius 3 is 2.09 bits per heavy atom. The molecule has 0 N–H and O–H groups in total. The topological polar surface area (TPSA) is 57.2 Å². The zero-order valence-electron chi connectivity index (χ0n) is 18.6. The summed E-state index contributed by atoms with van der Waals surface area (Å²) in [6, 6.07) is 15.7. The Labute approximate surface area is 194 Å². The average Bonchev–Trinajstić information content (AvgIpc) is 2.85. The highest BCUT2D eigenvalue weighted by Crippen LogP contribution is 2.44. The van der Waals surface area contributed by atoms with Gasteiger partial charge in [0.15, 0.2) is 11.5 Å². The standard InChI is InChI=1S/C25H22F3NO5/c1-31-18-8-10-19(11-9-18)34-23-22(15-7-12-20(32-2)21(13-15)33-3)29(24(23)30)17-6-4-5-16(14-17)25(26,27)28/h4-14,22-23H,1-3H3/t22-,23-/m0/s1. The molecule has 6 nitrogen and oxygen atoms in total. The molecule has 0 saturated carbocycles. The fourth-order valence-corrected chi connectivity index (χ4v) is 3.86. The zero-order chi connectivity index (χ0) is 24.5. The summed E-state index contributed by atoms with van der Waals surface area (Å²) in [6.07, 6.45) is -5.50. The number of halogens is 3. The number of amides is 1. The Morgan fingerprint density at radius 2 is 1.47 bits per heavy atom. The number of rotatable bonds is 7. The lowest BCUT2D eigenvalue weighted by Gasteiger charge is -2.46. The van der Waals surface area contributed by atoms with Crippen molar-refractivity contribution in [2.75, 3.05) is 26.2 Å². The van der Waals surface area contributed by atoms with E-state index < -0.39 is 29.8 Å². The Bertz CT molecular complexity index is 1180. The normalized spacial score (nSPS) is 17.7. The summed E-state index contributed by atoms with van der Waals surface area (Å²) in [5.41, 5.74) is -0.106. The molecule has 1 aliphatic rings. The number of nitrogens with zero attached hydrogens (tertiary/aromatic N) is 1. The van der Waals surface area contributed by atoms with Gasteiger partial charge >= 0.3 is 6.18 Å². The number of hydrogen-bond acceptors (Lipinski definition) is 5. The Hall–Kier alpha value is -3.88. The molecule has 4 rings (SSSR count). The molecule has 0 bridgehead atoms. The second-order valence-electron chi connectivity index (χ2n) is 7.53. The van der Waals surface area contributed by atoms with Gasteiger partial charge in [0.05, 0.1) is 26.9 Å². The molecular formula is C25H22F3NO5. The first-order chi connectivity index (χ1) is 16.3. The first-order valence-electron chi connectivity index (χ1n) is 10.3. The number of ether oxygens (including phenoxy) is 4. The van der Waals surface area contributed by atoms with Gasteiger partial charge in [-0.3, -0.25) is 9.69 Å². The molecule has 1 fully saturated rings. The monoisotopic (exact) mass is 473 g/mol. The van der Waals surface area contributed by atoms with Crippen LogP contribution in [0.3, 0.4) is 0 Å². The van der Waals surface area contributed by atoms with Crippen molar-refractivity contribution in [2.45, 2.75) is 18.3 Å². The molecule has 1 heterocycles. The van der Waals surface area contributed by atoms with Crippen LogP contribution >= 0.6 is 0 Å². The number of alkyl halides is 3. The maximum Gasteiger partial charge on any atom is 0.416 e. The van der Waals surface area contributed by atoms with Crippen LogP contribution in [0.15, 0.2) is 66.7 Å². The van der Waals surface area contributed by atoms with Crippen molar-refractivity contribution in [1.29, 1.82) is 0 Å². The first-order valence-corrected chi connectivity index (χ1v) is 10.3. The minimum absolute atomic E-state index is 0.120. The lowest BCUT2D eigenvalue weighted by molar-refractivity contribution is -0.138. The van der Waals surface area contributed by atoms with Gasteiger partial charge in [0, 0.05) is 5.69 Å². The third-order valence-corrected chi connectivity index (χ3v) is 5.57. The van der Waals surface area contributed by atoms with E-state index in [9.17, 15) is 18.0 Å². The summed E-state index contributed by atoms with van der Waals surface area (Å²) in [7, 11) is 4.50. The zero-order valence-corrected chi connectivity index (χ0v) is 18.6. The smallest absolute Gasteiger partial charge is 0.416 e. The van der Waals surface area contributed by atoms with Gasteiger partial charge in [0.25, 0.3) is 5.91 Å². The van der Waals surface area contributed by atoms with E-state index in [4.69, 9.17) is 18.9 Å². The first kappa shape index (κ1) is 23.3. The lowest BCUT2D eigenvalue weighted by atomic mass is 9.89. The maximum atomic E-state index is 13.3. The van der Waals surface area contributed by atoms with E-state index in [1.165, 1.54) is 38.4 Å². The van der Waals surface area contributed by atoms with Gasteiger partial charge in [0.2, 0.25) is 6.10 Å². The van der Waals surface area contributed by atoms with Crippen LogP contribution in [0.5, 0.6) is 23.0 Å². The third kappa shape index (κ3) is 4.33. The minimum atomic E-state index is -4.54. The van der Waals surface area contributed by atoms with Crippen molar-refractivity contribution < 1.29 is 36.9 Å². The highest BCUT2D eigenvalue weighted by Gasteiger charge is 2.51. The fourth-order valence-electron chi connectivity index (χ4n) is 3.86. The van der Waals surface area contributed by atoms with E-state index >= 15 is 0 Å². The molecule has 34 heavy (non-hydrogen) atoms.